The summed E-state index contributed by atoms with van der Waals surface area (Å²) < 4.78 is 43.7. The Hall–Kier alpha value is -4.39. The standard InChI is InChI=1S/C34H37FN8O2S/c1-41(46(2,44)45)23-15-20-42(21-16-23)29-8-3-6-25(30(29)35)27-13-14-28-33(39-27)43(32(40-28)26-7-4-19-38-31(26)36)24-11-9-22(10-12-24)34(37)17-5-18-34/h3-4,6-14,19,23H,5,15-18,20-21,37H2,1-2H3,(H2,36,38). The molecule has 10 nitrogen and oxygen atoms in total. The van der Waals surface area contributed by atoms with Gasteiger partial charge in [0.25, 0.3) is 0 Å². The van der Waals surface area contributed by atoms with Crippen LogP contribution in [0.4, 0.5) is 15.9 Å². The summed E-state index contributed by atoms with van der Waals surface area (Å²) in [6, 6.07) is 20.7. The zero-order valence-electron chi connectivity index (χ0n) is 25.9. The highest BCUT2D eigenvalue weighted by molar-refractivity contribution is 7.88. The minimum absolute atomic E-state index is 0.108. The summed E-state index contributed by atoms with van der Waals surface area (Å²) >= 11 is 0. The summed E-state index contributed by atoms with van der Waals surface area (Å²) in [5, 5.41) is 0. The third kappa shape index (κ3) is 5.29. The van der Waals surface area contributed by atoms with E-state index in [1.54, 1.807) is 31.4 Å². The van der Waals surface area contributed by atoms with E-state index in [0.717, 1.165) is 30.5 Å². The Morgan fingerprint density at radius 3 is 2.33 bits per heavy atom. The van der Waals surface area contributed by atoms with Crippen molar-refractivity contribution in [3.05, 3.63) is 84.3 Å². The molecule has 0 amide bonds. The van der Waals surface area contributed by atoms with Gasteiger partial charge in [-0.05, 0) is 86.2 Å². The van der Waals surface area contributed by atoms with Gasteiger partial charge >= 0.3 is 0 Å². The van der Waals surface area contributed by atoms with Crippen LogP contribution in [0.2, 0.25) is 0 Å². The number of halogens is 1. The van der Waals surface area contributed by atoms with E-state index in [2.05, 4.69) is 17.1 Å². The molecule has 1 saturated carbocycles. The van der Waals surface area contributed by atoms with Gasteiger partial charge in [-0.2, -0.15) is 0 Å². The van der Waals surface area contributed by atoms with Gasteiger partial charge in [0.15, 0.2) is 17.3 Å². The largest absolute Gasteiger partial charge is 0.383 e. The van der Waals surface area contributed by atoms with Crippen LogP contribution in [0.3, 0.4) is 0 Å². The molecule has 12 heteroatoms. The Balaban J connectivity index is 1.28. The molecule has 46 heavy (non-hydrogen) atoms. The highest BCUT2D eigenvalue weighted by atomic mass is 32.2. The van der Waals surface area contributed by atoms with Crippen molar-refractivity contribution >= 4 is 32.7 Å². The number of piperidine rings is 1. The van der Waals surface area contributed by atoms with E-state index in [1.807, 2.05) is 45.9 Å². The van der Waals surface area contributed by atoms with Crippen LogP contribution in [-0.2, 0) is 15.6 Å². The van der Waals surface area contributed by atoms with Gasteiger partial charge < -0.3 is 16.4 Å². The predicted octanol–water partition coefficient (Wildman–Crippen LogP) is 5.07. The molecule has 7 rings (SSSR count). The molecule has 1 aliphatic heterocycles. The number of sulfonamides is 1. The summed E-state index contributed by atoms with van der Waals surface area (Å²) in [6.07, 6.45) is 7.12. The van der Waals surface area contributed by atoms with Gasteiger partial charge in [0.1, 0.15) is 11.3 Å². The van der Waals surface area contributed by atoms with Crippen molar-refractivity contribution in [2.45, 2.75) is 43.7 Å². The zero-order valence-corrected chi connectivity index (χ0v) is 26.7. The minimum atomic E-state index is -3.29. The van der Waals surface area contributed by atoms with Crippen molar-refractivity contribution in [3.63, 3.8) is 0 Å². The van der Waals surface area contributed by atoms with Gasteiger partial charge in [-0.15, -0.1) is 0 Å². The second-order valence-corrected chi connectivity index (χ2v) is 14.5. The van der Waals surface area contributed by atoms with Crippen LogP contribution in [0.25, 0.3) is 39.5 Å². The number of nitrogens with zero attached hydrogens (tertiary/aromatic N) is 6. The molecular weight excluding hydrogens is 603 g/mol. The van der Waals surface area contributed by atoms with E-state index in [9.17, 15) is 8.42 Å². The topological polar surface area (TPSA) is 136 Å². The van der Waals surface area contributed by atoms with Gasteiger partial charge in [-0.25, -0.2) is 32.1 Å². The molecule has 0 bridgehead atoms. The Kier molecular flexibility index (Phi) is 7.53. The molecule has 4 N–H and O–H groups in total. The van der Waals surface area contributed by atoms with Gasteiger partial charge in [-0.1, -0.05) is 18.2 Å². The first kappa shape index (κ1) is 30.3. The molecule has 0 atom stereocenters. The smallest absolute Gasteiger partial charge is 0.211 e. The highest BCUT2D eigenvalue weighted by Crippen LogP contribution is 2.40. The monoisotopic (exact) mass is 640 g/mol. The summed E-state index contributed by atoms with van der Waals surface area (Å²) in [5.74, 6) is 0.557. The molecule has 0 spiro atoms. The lowest BCUT2D eigenvalue weighted by Crippen LogP contribution is -2.45. The number of fused-ring (bicyclic) bond motifs is 1. The van der Waals surface area contributed by atoms with Crippen molar-refractivity contribution < 1.29 is 12.8 Å². The SMILES string of the molecule is CN(C1CCN(c2cccc(-c3ccc4nc(-c5cccnc5N)n(-c5ccc(C6(N)CCC6)cc5)c4n3)c2F)CC1)S(C)(=O)=O. The van der Waals surface area contributed by atoms with E-state index in [0.29, 0.717) is 71.2 Å². The third-order valence-electron chi connectivity index (χ3n) is 9.63. The average molecular weight is 641 g/mol. The van der Waals surface area contributed by atoms with E-state index < -0.39 is 10.0 Å². The molecule has 3 aromatic heterocycles. The second-order valence-electron chi connectivity index (χ2n) is 12.4. The Morgan fingerprint density at radius 2 is 1.67 bits per heavy atom. The molecule has 1 saturated heterocycles. The molecule has 1 aliphatic carbocycles. The van der Waals surface area contributed by atoms with Crippen LogP contribution in [0.15, 0.2) is 72.9 Å². The summed E-state index contributed by atoms with van der Waals surface area (Å²) in [7, 11) is -1.69. The minimum Gasteiger partial charge on any atom is -0.383 e. The Bertz CT molecular complexity index is 2030. The maximum Gasteiger partial charge on any atom is 0.211 e. The second kappa shape index (κ2) is 11.4. The van der Waals surface area contributed by atoms with Crippen molar-refractivity contribution in [1.29, 1.82) is 0 Å². The van der Waals surface area contributed by atoms with E-state index in [-0.39, 0.29) is 17.4 Å². The molecule has 2 fully saturated rings. The average Bonchev–Trinajstić information content (AvgIpc) is 3.42. The molecule has 2 aliphatic rings. The fourth-order valence-electron chi connectivity index (χ4n) is 6.63. The maximum atomic E-state index is 16.3. The number of nitrogens with two attached hydrogens (primary N) is 2. The number of benzene rings is 2. The molecule has 2 aromatic carbocycles. The van der Waals surface area contributed by atoms with Crippen LogP contribution in [0.5, 0.6) is 0 Å². The fourth-order valence-corrected chi connectivity index (χ4v) is 7.38. The maximum absolute atomic E-state index is 16.3. The lowest BCUT2D eigenvalue weighted by Gasteiger charge is -2.38. The van der Waals surface area contributed by atoms with Crippen LogP contribution in [0, 0.1) is 5.82 Å². The number of anilines is 2. The predicted molar refractivity (Wildman–Crippen MR) is 179 cm³/mol. The summed E-state index contributed by atoms with van der Waals surface area (Å²) in [4.78, 5) is 16.2. The molecule has 0 radical (unpaired) electrons. The number of rotatable bonds is 7. The zero-order chi connectivity index (χ0) is 32.2. The van der Waals surface area contributed by atoms with Crippen molar-refractivity contribution in [3.8, 4) is 28.3 Å². The highest BCUT2D eigenvalue weighted by Gasteiger charge is 2.34. The van der Waals surface area contributed by atoms with Crippen LogP contribution >= 0.6 is 0 Å². The van der Waals surface area contributed by atoms with Crippen molar-refractivity contribution in [2.24, 2.45) is 5.73 Å². The first-order chi connectivity index (χ1) is 22.0. The number of aromatic nitrogens is 4. The van der Waals surface area contributed by atoms with Gasteiger partial charge in [0.05, 0.1) is 23.2 Å². The van der Waals surface area contributed by atoms with Gasteiger partial charge in [0, 0.05) is 49.2 Å². The van der Waals surface area contributed by atoms with E-state index in [4.69, 9.17) is 21.4 Å². The Morgan fingerprint density at radius 1 is 0.957 bits per heavy atom. The lowest BCUT2D eigenvalue weighted by atomic mass is 9.73. The van der Waals surface area contributed by atoms with Crippen LogP contribution < -0.4 is 16.4 Å². The van der Waals surface area contributed by atoms with Crippen molar-refractivity contribution in [1.82, 2.24) is 23.8 Å². The first-order valence-corrected chi connectivity index (χ1v) is 17.4. The number of hydrogen-bond donors (Lipinski definition) is 2. The molecule has 5 aromatic rings. The molecule has 4 heterocycles. The Labute approximate surface area is 267 Å². The quantitative estimate of drug-likeness (QED) is 0.252. The van der Waals surface area contributed by atoms with Gasteiger partial charge in [-0.3, -0.25) is 4.57 Å². The molecular formula is C34H37FN8O2S. The summed E-state index contributed by atoms with van der Waals surface area (Å²) in [5.41, 5.74) is 17.7. The normalized spacial score (nSPS) is 17.0. The number of hydrogen-bond acceptors (Lipinski definition) is 8. The van der Waals surface area contributed by atoms with E-state index >= 15 is 4.39 Å². The molecule has 0 unspecified atom stereocenters. The number of nitrogen functional groups attached to an aromatic ring is 1. The van der Waals surface area contributed by atoms with Crippen LogP contribution in [0.1, 0.15) is 37.7 Å². The molecule has 238 valence electrons. The van der Waals surface area contributed by atoms with E-state index in [1.165, 1.54) is 10.6 Å². The first-order valence-electron chi connectivity index (χ1n) is 15.5. The third-order valence-corrected chi connectivity index (χ3v) is 11.0. The van der Waals surface area contributed by atoms with Crippen LogP contribution in [-0.4, -0.2) is 64.7 Å². The lowest BCUT2D eigenvalue weighted by molar-refractivity contribution is 0.253. The fraction of sp³-hybridized carbons (Fsp3) is 0.324. The van der Waals surface area contributed by atoms with Crippen molar-refractivity contribution in [2.75, 3.05) is 37.0 Å². The summed E-state index contributed by atoms with van der Waals surface area (Å²) in [6.45, 7) is 1.08. The van der Waals surface area contributed by atoms with Gasteiger partial charge in [0.2, 0.25) is 10.0 Å². The number of pyridine rings is 2. The number of imidazole rings is 1.